The Morgan fingerprint density at radius 1 is 1.09 bits per heavy atom. The topological polar surface area (TPSA) is 70.5 Å². The minimum absolute atomic E-state index is 0.0454. The van der Waals surface area contributed by atoms with Gasteiger partial charge in [0, 0.05) is 49.6 Å². The number of nitrogens with zero attached hydrogens (tertiary/aromatic N) is 4. The lowest BCUT2D eigenvalue weighted by Crippen LogP contribution is -2.39. The standard InChI is InChI=1S/C25H29N5O2/c1-17-9-8-12-22(18(17)2)26-25(32)29-14-13-24-21(15-29)23(27-28(24)4)16-30(19(3)31)20-10-6-5-7-11-20/h5-12H,13-16H2,1-4H3,(H,26,32). The molecule has 32 heavy (non-hydrogen) atoms. The Hall–Kier alpha value is -3.61. The van der Waals surface area contributed by atoms with E-state index in [1.807, 2.05) is 79.0 Å². The lowest BCUT2D eigenvalue weighted by molar-refractivity contribution is -0.116. The number of amides is 3. The van der Waals surface area contributed by atoms with Crippen molar-refractivity contribution in [2.24, 2.45) is 7.05 Å². The number of aromatic nitrogens is 2. The van der Waals surface area contributed by atoms with Crippen LogP contribution < -0.4 is 10.2 Å². The van der Waals surface area contributed by atoms with Gasteiger partial charge in [0.25, 0.3) is 0 Å². The van der Waals surface area contributed by atoms with E-state index in [9.17, 15) is 9.59 Å². The molecule has 7 nitrogen and oxygen atoms in total. The van der Waals surface area contributed by atoms with Gasteiger partial charge < -0.3 is 15.1 Å². The summed E-state index contributed by atoms with van der Waals surface area (Å²) in [5.41, 5.74) is 6.85. The first kappa shape index (κ1) is 21.6. The molecule has 3 aromatic rings. The number of carbonyl (C=O) groups is 2. The third-order valence-electron chi connectivity index (χ3n) is 6.21. The average Bonchev–Trinajstić information content (AvgIpc) is 3.10. The van der Waals surface area contributed by atoms with Gasteiger partial charge in [0.1, 0.15) is 0 Å². The van der Waals surface area contributed by atoms with Crippen LogP contribution in [0.2, 0.25) is 0 Å². The van der Waals surface area contributed by atoms with Gasteiger partial charge in [-0.1, -0.05) is 30.3 Å². The molecular weight excluding hydrogens is 402 g/mol. The number of hydrogen-bond donors (Lipinski definition) is 1. The molecule has 0 saturated heterocycles. The summed E-state index contributed by atoms with van der Waals surface area (Å²) in [4.78, 5) is 28.9. The van der Waals surface area contributed by atoms with Crippen LogP contribution in [0.25, 0.3) is 0 Å². The SMILES string of the molecule is CC(=O)N(Cc1nn(C)c2c1CN(C(=O)Nc1cccc(C)c1C)CC2)c1ccccc1. The van der Waals surface area contributed by atoms with Gasteiger partial charge in [-0.2, -0.15) is 5.10 Å². The number of anilines is 2. The highest BCUT2D eigenvalue weighted by atomic mass is 16.2. The minimum atomic E-state index is -0.120. The van der Waals surface area contributed by atoms with E-state index in [0.29, 0.717) is 19.6 Å². The van der Waals surface area contributed by atoms with Crippen molar-refractivity contribution in [2.75, 3.05) is 16.8 Å². The van der Waals surface area contributed by atoms with Gasteiger partial charge in [-0.05, 0) is 43.2 Å². The van der Waals surface area contributed by atoms with Crippen LogP contribution in [0.3, 0.4) is 0 Å². The van der Waals surface area contributed by atoms with Gasteiger partial charge in [-0.3, -0.25) is 9.48 Å². The van der Waals surface area contributed by atoms with Gasteiger partial charge in [0.2, 0.25) is 5.91 Å². The fourth-order valence-corrected chi connectivity index (χ4v) is 4.19. The fourth-order valence-electron chi connectivity index (χ4n) is 4.19. The molecule has 2 heterocycles. The quantitative estimate of drug-likeness (QED) is 0.674. The minimum Gasteiger partial charge on any atom is -0.320 e. The molecule has 1 aliphatic heterocycles. The molecular formula is C25H29N5O2. The van der Waals surface area contributed by atoms with Gasteiger partial charge >= 0.3 is 6.03 Å². The largest absolute Gasteiger partial charge is 0.322 e. The monoisotopic (exact) mass is 431 g/mol. The molecule has 0 aliphatic carbocycles. The molecule has 7 heteroatoms. The lowest BCUT2D eigenvalue weighted by Gasteiger charge is -2.29. The van der Waals surface area contributed by atoms with Gasteiger partial charge in [-0.15, -0.1) is 0 Å². The summed E-state index contributed by atoms with van der Waals surface area (Å²) in [5.74, 6) is -0.0454. The van der Waals surface area contributed by atoms with E-state index in [4.69, 9.17) is 5.10 Å². The van der Waals surface area contributed by atoms with Crippen molar-refractivity contribution in [3.8, 4) is 0 Å². The zero-order valence-corrected chi connectivity index (χ0v) is 19.1. The molecule has 1 N–H and O–H groups in total. The van der Waals surface area contributed by atoms with Crippen molar-refractivity contribution in [2.45, 2.75) is 40.3 Å². The lowest BCUT2D eigenvalue weighted by atomic mass is 10.0. The number of benzene rings is 2. The highest BCUT2D eigenvalue weighted by Crippen LogP contribution is 2.26. The van der Waals surface area contributed by atoms with Crippen molar-refractivity contribution in [3.05, 3.63) is 76.6 Å². The normalized spacial score (nSPS) is 12.9. The fraction of sp³-hybridized carbons (Fsp3) is 0.320. The molecule has 0 unspecified atom stereocenters. The van der Waals surface area contributed by atoms with E-state index in [2.05, 4.69) is 5.32 Å². The third kappa shape index (κ3) is 4.23. The molecule has 0 spiro atoms. The van der Waals surface area contributed by atoms with Crippen LogP contribution >= 0.6 is 0 Å². The Kier molecular flexibility index (Phi) is 5.99. The maximum atomic E-state index is 13.0. The molecule has 1 aliphatic rings. The highest BCUT2D eigenvalue weighted by Gasteiger charge is 2.28. The summed E-state index contributed by atoms with van der Waals surface area (Å²) in [6, 6.07) is 15.4. The molecule has 0 fully saturated rings. The number of rotatable bonds is 4. The zero-order valence-electron chi connectivity index (χ0n) is 19.1. The zero-order chi connectivity index (χ0) is 22.8. The summed E-state index contributed by atoms with van der Waals surface area (Å²) < 4.78 is 1.88. The molecule has 3 amide bonds. The van der Waals surface area contributed by atoms with Crippen LogP contribution in [0.15, 0.2) is 48.5 Å². The third-order valence-corrected chi connectivity index (χ3v) is 6.21. The average molecular weight is 432 g/mol. The molecule has 2 aromatic carbocycles. The van der Waals surface area contributed by atoms with Crippen molar-refractivity contribution in [1.29, 1.82) is 0 Å². The van der Waals surface area contributed by atoms with Crippen LogP contribution in [0, 0.1) is 13.8 Å². The van der Waals surface area contributed by atoms with E-state index in [-0.39, 0.29) is 11.9 Å². The summed E-state index contributed by atoms with van der Waals surface area (Å²) in [6.45, 7) is 7.07. The Bertz CT molecular complexity index is 1150. The van der Waals surface area contributed by atoms with Gasteiger partial charge in [-0.25, -0.2) is 4.79 Å². The van der Waals surface area contributed by atoms with E-state index in [0.717, 1.165) is 45.9 Å². The number of fused-ring (bicyclic) bond motifs is 1. The Balaban J connectivity index is 1.56. The van der Waals surface area contributed by atoms with Gasteiger partial charge in [0.15, 0.2) is 0 Å². The predicted molar refractivity (Wildman–Crippen MR) is 126 cm³/mol. The van der Waals surface area contributed by atoms with Crippen molar-refractivity contribution < 1.29 is 9.59 Å². The van der Waals surface area contributed by atoms with Crippen molar-refractivity contribution >= 4 is 23.3 Å². The first-order valence-corrected chi connectivity index (χ1v) is 10.8. The van der Waals surface area contributed by atoms with Gasteiger partial charge in [0.05, 0.1) is 18.8 Å². The number of para-hydroxylation sites is 1. The summed E-state index contributed by atoms with van der Waals surface area (Å²) in [5, 5.41) is 7.77. The molecule has 0 radical (unpaired) electrons. The number of urea groups is 1. The van der Waals surface area contributed by atoms with Crippen LogP contribution in [0.5, 0.6) is 0 Å². The molecule has 1 aromatic heterocycles. The van der Waals surface area contributed by atoms with Crippen LogP contribution in [0.1, 0.15) is 35.0 Å². The number of aryl methyl sites for hydroxylation is 2. The second-order valence-electron chi connectivity index (χ2n) is 8.29. The smallest absolute Gasteiger partial charge is 0.320 e. The molecule has 4 rings (SSSR count). The molecule has 0 bridgehead atoms. The molecule has 0 atom stereocenters. The Labute approximate surface area is 188 Å². The van der Waals surface area contributed by atoms with Crippen molar-refractivity contribution in [3.63, 3.8) is 0 Å². The van der Waals surface area contributed by atoms with Crippen molar-refractivity contribution in [1.82, 2.24) is 14.7 Å². The second-order valence-corrected chi connectivity index (χ2v) is 8.29. The maximum absolute atomic E-state index is 13.0. The summed E-state index contributed by atoms with van der Waals surface area (Å²) in [6.07, 6.45) is 0.727. The maximum Gasteiger partial charge on any atom is 0.322 e. The first-order chi connectivity index (χ1) is 15.3. The van der Waals surface area contributed by atoms with E-state index in [1.54, 1.807) is 11.8 Å². The Morgan fingerprint density at radius 2 is 1.84 bits per heavy atom. The van der Waals surface area contributed by atoms with Crippen LogP contribution in [0.4, 0.5) is 16.2 Å². The van der Waals surface area contributed by atoms with E-state index < -0.39 is 0 Å². The van der Waals surface area contributed by atoms with Crippen LogP contribution in [-0.2, 0) is 31.4 Å². The first-order valence-electron chi connectivity index (χ1n) is 10.8. The molecule has 166 valence electrons. The van der Waals surface area contributed by atoms with E-state index in [1.165, 1.54) is 0 Å². The number of carbonyl (C=O) groups excluding carboxylic acids is 2. The predicted octanol–water partition coefficient (Wildman–Crippen LogP) is 4.18. The number of hydrogen-bond acceptors (Lipinski definition) is 3. The Morgan fingerprint density at radius 3 is 2.56 bits per heavy atom. The summed E-state index contributed by atoms with van der Waals surface area (Å²) >= 11 is 0. The highest BCUT2D eigenvalue weighted by molar-refractivity contribution is 5.91. The van der Waals surface area contributed by atoms with E-state index >= 15 is 0 Å². The van der Waals surface area contributed by atoms with Crippen LogP contribution in [-0.4, -0.2) is 33.2 Å². The second kappa shape index (κ2) is 8.86. The number of nitrogens with one attached hydrogen (secondary N) is 1. The summed E-state index contributed by atoms with van der Waals surface area (Å²) in [7, 11) is 1.93. The molecule has 0 saturated carbocycles.